The van der Waals surface area contributed by atoms with Crippen LogP contribution in [0.4, 0.5) is 0 Å². The first kappa shape index (κ1) is 7.85. The summed E-state index contributed by atoms with van der Waals surface area (Å²) in [4.78, 5) is 13.7. The van der Waals surface area contributed by atoms with Gasteiger partial charge in [0.15, 0.2) is 5.88 Å². The topological polar surface area (TPSA) is 42.1 Å². The van der Waals surface area contributed by atoms with Crippen molar-refractivity contribution in [2.45, 2.75) is 13.3 Å². The van der Waals surface area contributed by atoms with Crippen LogP contribution in [-0.2, 0) is 6.42 Å². The molecule has 0 atom stereocenters. The van der Waals surface area contributed by atoms with Crippen LogP contribution in [0, 0.1) is 0 Å². The first-order valence-electron chi connectivity index (χ1n) is 3.54. The molecular weight excluding hydrogens is 142 g/mol. The molecule has 1 N–H and O–H groups in total. The van der Waals surface area contributed by atoms with Crippen LogP contribution in [0.5, 0.6) is 5.88 Å². The fourth-order valence-corrected chi connectivity index (χ4v) is 0.883. The highest BCUT2D eigenvalue weighted by molar-refractivity contribution is 5.17. The normalized spacial score (nSPS) is 9.64. The number of ether oxygens (including phenoxy) is 1. The van der Waals surface area contributed by atoms with Crippen LogP contribution in [0.25, 0.3) is 0 Å². The van der Waals surface area contributed by atoms with E-state index in [1.54, 1.807) is 12.1 Å². The Labute approximate surface area is 65.0 Å². The minimum Gasteiger partial charge on any atom is -0.482 e. The molecule has 1 aromatic rings. The lowest BCUT2D eigenvalue weighted by Gasteiger charge is -1.99. The first-order chi connectivity index (χ1) is 5.27. The fraction of sp³-hybridized carbons (Fsp3) is 0.375. The average molecular weight is 153 g/mol. The lowest BCUT2D eigenvalue weighted by Crippen LogP contribution is -2.11. The molecule has 3 nitrogen and oxygen atoms in total. The molecule has 0 amide bonds. The summed E-state index contributed by atoms with van der Waals surface area (Å²) in [7, 11) is 1.52. The van der Waals surface area contributed by atoms with Gasteiger partial charge in [-0.2, -0.15) is 0 Å². The van der Waals surface area contributed by atoms with E-state index in [0.717, 1.165) is 12.0 Å². The summed E-state index contributed by atoms with van der Waals surface area (Å²) in [6.07, 6.45) is 0.749. The zero-order chi connectivity index (χ0) is 8.27. The SMILES string of the molecule is CCc1ccc(OC)[nH]c1=O. The van der Waals surface area contributed by atoms with Gasteiger partial charge in [0.2, 0.25) is 0 Å². The molecule has 60 valence electrons. The molecule has 0 aliphatic heterocycles. The predicted molar refractivity (Wildman–Crippen MR) is 43.0 cm³/mol. The molecule has 0 aliphatic rings. The Balaban J connectivity index is 3.10. The van der Waals surface area contributed by atoms with Gasteiger partial charge in [-0.05, 0) is 18.6 Å². The number of pyridine rings is 1. The van der Waals surface area contributed by atoms with Gasteiger partial charge >= 0.3 is 0 Å². The van der Waals surface area contributed by atoms with Crippen molar-refractivity contribution in [3.8, 4) is 5.88 Å². The van der Waals surface area contributed by atoms with Gasteiger partial charge in [0.1, 0.15) is 0 Å². The van der Waals surface area contributed by atoms with Gasteiger partial charge in [-0.25, -0.2) is 0 Å². The van der Waals surface area contributed by atoms with Crippen LogP contribution in [0.1, 0.15) is 12.5 Å². The summed E-state index contributed by atoms with van der Waals surface area (Å²) in [5, 5.41) is 0. The number of aryl methyl sites for hydroxylation is 1. The molecule has 0 fully saturated rings. The second kappa shape index (κ2) is 3.23. The number of rotatable bonds is 2. The highest BCUT2D eigenvalue weighted by atomic mass is 16.5. The molecule has 0 radical (unpaired) electrons. The zero-order valence-electron chi connectivity index (χ0n) is 6.68. The second-order valence-electron chi connectivity index (χ2n) is 2.23. The number of methoxy groups -OCH3 is 1. The summed E-state index contributed by atoms with van der Waals surface area (Å²) < 4.78 is 4.84. The standard InChI is InChI=1S/C8H11NO2/c1-3-6-4-5-7(11-2)9-8(6)10/h4-5H,3H2,1-2H3,(H,9,10). The quantitative estimate of drug-likeness (QED) is 0.687. The van der Waals surface area contributed by atoms with E-state index in [0.29, 0.717) is 5.88 Å². The largest absolute Gasteiger partial charge is 0.482 e. The number of hydrogen-bond donors (Lipinski definition) is 1. The summed E-state index contributed by atoms with van der Waals surface area (Å²) in [6.45, 7) is 1.94. The maximum atomic E-state index is 11.1. The van der Waals surface area contributed by atoms with Gasteiger partial charge in [-0.3, -0.25) is 9.78 Å². The van der Waals surface area contributed by atoms with E-state index in [1.807, 2.05) is 6.92 Å². The molecule has 1 aromatic heterocycles. The van der Waals surface area contributed by atoms with Crippen molar-refractivity contribution in [3.05, 3.63) is 28.0 Å². The number of nitrogens with one attached hydrogen (secondary N) is 1. The van der Waals surface area contributed by atoms with E-state index >= 15 is 0 Å². The lowest BCUT2D eigenvalue weighted by atomic mass is 10.2. The highest BCUT2D eigenvalue weighted by Gasteiger charge is 1.96. The van der Waals surface area contributed by atoms with Crippen LogP contribution < -0.4 is 10.3 Å². The van der Waals surface area contributed by atoms with E-state index in [2.05, 4.69) is 4.98 Å². The maximum Gasteiger partial charge on any atom is 0.253 e. The van der Waals surface area contributed by atoms with Gasteiger partial charge < -0.3 is 4.74 Å². The Morgan fingerprint density at radius 2 is 2.27 bits per heavy atom. The molecule has 0 aromatic carbocycles. The zero-order valence-corrected chi connectivity index (χ0v) is 6.68. The minimum absolute atomic E-state index is 0.0631. The lowest BCUT2D eigenvalue weighted by molar-refractivity contribution is 0.396. The molecule has 0 saturated heterocycles. The van der Waals surface area contributed by atoms with Gasteiger partial charge in [0.25, 0.3) is 5.56 Å². The van der Waals surface area contributed by atoms with Crippen molar-refractivity contribution < 1.29 is 4.74 Å². The molecule has 0 unspecified atom stereocenters. The molecule has 1 rings (SSSR count). The van der Waals surface area contributed by atoms with E-state index < -0.39 is 0 Å². The third-order valence-electron chi connectivity index (χ3n) is 1.57. The number of hydrogen-bond acceptors (Lipinski definition) is 2. The van der Waals surface area contributed by atoms with Crippen LogP contribution in [0.3, 0.4) is 0 Å². The smallest absolute Gasteiger partial charge is 0.253 e. The van der Waals surface area contributed by atoms with Gasteiger partial charge in [-0.1, -0.05) is 6.92 Å². The van der Waals surface area contributed by atoms with Crippen molar-refractivity contribution in [3.63, 3.8) is 0 Å². The van der Waals surface area contributed by atoms with Crippen LogP contribution in [0.2, 0.25) is 0 Å². The summed E-state index contributed by atoms with van der Waals surface area (Å²) in [6, 6.07) is 3.53. The van der Waals surface area contributed by atoms with E-state index in [9.17, 15) is 4.79 Å². The fourth-order valence-electron chi connectivity index (χ4n) is 0.883. The third-order valence-corrected chi connectivity index (χ3v) is 1.57. The van der Waals surface area contributed by atoms with Crippen molar-refractivity contribution in [2.24, 2.45) is 0 Å². The third kappa shape index (κ3) is 1.61. The molecule has 1 heterocycles. The highest BCUT2D eigenvalue weighted by Crippen LogP contribution is 2.01. The first-order valence-corrected chi connectivity index (χ1v) is 3.54. The minimum atomic E-state index is -0.0631. The predicted octanol–water partition coefficient (Wildman–Crippen LogP) is 0.946. The monoisotopic (exact) mass is 153 g/mol. The van der Waals surface area contributed by atoms with Crippen molar-refractivity contribution in [1.29, 1.82) is 0 Å². The molecule has 0 aliphatic carbocycles. The van der Waals surface area contributed by atoms with Crippen LogP contribution in [0.15, 0.2) is 16.9 Å². The molecule has 0 spiro atoms. The van der Waals surface area contributed by atoms with Crippen molar-refractivity contribution >= 4 is 0 Å². The molecule has 0 saturated carbocycles. The maximum absolute atomic E-state index is 11.1. The van der Waals surface area contributed by atoms with Gasteiger partial charge in [0, 0.05) is 5.56 Å². The van der Waals surface area contributed by atoms with E-state index in [4.69, 9.17) is 4.74 Å². The Morgan fingerprint density at radius 1 is 1.55 bits per heavy atom. The van der Waals surface area contributed by atoms with Gasteiger partial charge in [-0.15, -0.1) is 0 Å². The van der Waals surface area contributed by atoms with E-state index in [-0.39, 0.29) is 5.56 Å². The van der Waals surface area contributed by atoms with Crippen molar-refractivity contribution in [2.75, 3.05) is 7.11 Å². The summed E-state index contributed by atoms with van der Waals surface area (Å²) in [5.41, 5.74) is 0.720. The Morgan fingerprint density at radius 3 is 2.73 bits per heavy atom. The summed E-state index contributed by atoms with van der Waals surface area (Å²) >= 11 is 0. The molecule has 11 heavy (non-hydrogen) atoms. The second-order valence-corrected chi connectivity index (χ2v) is 2.23. The van der Waals surface area contributed by atoms with Gasteiger partial charge in [0.05, 0.1) is 7.11 Å². The number of aromatic amines is 1. The van der Waals surface area contributed by atoms with Crippen molar-refractivity contribution in [1.82, 2.24) is 4.98 Å². The Hall–Kier alpha value is -1.25. The summed E-state index contributed by atoms with van der Waals surface area (Å²) in [5.74, 6) is 0.507. The van der Waals surface area contributed by atoms with E-state index in [1.165, 1.54) is 7.11 Å². The number of aromatic nitrogens is 1. The Kier molecular flexibility index (Phi) is 2.31. The molecule has 3 heteroatoms. The molecule has 0 bridgehead atoms. The van der Waals surface area contributed by atoms with Crippen LogP contribution in [-0.4, -0.2) is 12.1 Å². The Bertz CT molecular complexity index is 290. The molecular formula is C8H11NO2. The number of H-pyrrole nitrogens is 1. The van der Waals surface area contributed by atoms with Crippen LogP contribution >= 0.6 is 0 Å². The average Bonchev–Trinajstić information content (AvgIpc) is 2.04.